The Balaban J connectivity index is -0.00000000500. The van der Waals surface area contributed by atoms with Gasteiger partial charge in [-0.25, -0.2) is 0 Å². The van der Waals surface area contributed by atoms with Gasteiger partial charge in [-0.05, 0) is 0 Å². The normalized spacial score (nSPS) is 1.50. The van der Waals surface area contributed by atoms with E-state index in [4.69, 9.17) is 0 Å². The SMILES string of the molecule is [Mo][U].[Ni].[V]. The first-order chi connectivity index (χ1) is 1.00. The topological polar surface area (TPSA) is 0 Å². The van der Waals surface area contributed by atoms with Crippen molar-refractivity contribution in [1.29, 1.82) is 0 Å². The molecule has 0 heterocycles. The minimum absolute atomic E-state index is 0. The number of hydrogen-bond acceptors (Lipinski definition) is 0. The van der Waals surface area contributed by atoms with Gasteiger partial charge in [-0.15, -0.1) is 0 Å². The van der Waals surface area contributed by atoms with Crippen molar-refractivity contribution in [3.05, 3.63) is 0 Å². The third-order valence-corrected chi connectivity index (χ3v) is 0. The smallest absolute Gasteiger partial charge is 0 e. The van der Waals surface area contributed by atoms with Crippen LogP contribution in [0, 0.1) is 25.6 Å². The van der Waals surface area contributed by atoms with E-state index in [2.05, 4.69) is 14.4 Å². The summed E-state index contributed by atoms with van der Waals surface area (Å²) in [6.07, 6.45) is 0. The molecule has 0 aliphatic rings. The van der Waals surface area contributed by atoms with Crippen molar-refractivity contribution in [2.45, 2.75) is 0 Å². The molecule has 0 spiro atoms. The predicted octanol–water partition coefficient (Wildman–Crippen LogP) is -0.00750. The maximum Gasteiger partial charge on any atom is 0 e. The van der Waals surface area contributed by atoms with E-state index in [0.717, 1.165) is 0 Å². The maximum absolute atomic E-state index is 2.12. The molecule has 0 aromatic carbocycles. The minimum Gasteiger partial charge on any atom is 0 e. The van der Waals surface area contributed by atoms with Crippen LogP contribution in [0.25, 0.3) is 0 Å². The van der Waals surface area contributed by atoms with Crippen LogP contribution < -0.4 is 0 Å². The molecule has 0 nitrogen and oxygen atoms in total. The van der Waals surface area contributed by atoms with Crippen LogP contribution in [0.4, 0.5) is 0 Å². The molecule has 0 fully saturated rings. The van der Waals surface area contributed by atoms with Gasteiger partial charge in [-0.2, -0.15) is 0 Å². The van der Waals surface area contributed by atoms with Crippen molar-refractivity contribution in [1.82, 2.24) is 0 Å². The first-order valence-corrected chi connectivity index (χ1v) is 11.3. The van der Waals surface area contributed by atoms with Gasteiger partial charge < -0.3 is 0 Å². The standard InChI is InChI=1S/Mo.Ni.U.V. The molecule has 4 heavy (non-hydrogen) atoms. The number of hydrogen-bond donors (Lipinski definition) is 0. The van der Waals surface area contributed by atoms with Crippen molar-refractivity contribution in [2.75, 3.05) is 0 Å². The summed E-state index contributed by atoms with van der Waals surface area (Å²) in [6.45, 7) is 0. The zero-order valence-electron chi connectivity index (χ0n) is 1.67. The summed E-state index contributed by atoms with van der Waals surface area (Å²) in [5.41, 5.74) is 0. The Hall–Kier alpha value is 2.82. The quantitative estimate of drug-likeness (QED) is 0.462. The van der Waals surface area contributed by atoms with Crippen LogP contribution in [-0.2, 0) is 49.5 Å². The van der Waals surface area contributed by atoms with Gasteiger partial charge in [-0.3, -0.25) is 0 Å². The van der Waals surface area contributed by atoms with Crippen LogP contribution in [0.15, 0.2) is 0 Å². The van der Waals surface area contributed by atoms with Crippen molar-refractivity contribution < 1.29 is 75.1 Å². The van der Waals surface area contributed by atoms with E-state index in [-0.39, 0.29) is 35.0 Å². The van der Waals surface area contributed by atoms with E-state index in [0.29, 0.717) is 0 Å². The van der Waals surface area contributed by atoms with Crippen molar-refractivity contribution in [3.8, 4) is 0 Å². The third kappa shape index (κ3) is 8.84. The molecule has 0 aromatic rings. The maximum atomic E-state index is 2.12. The monoisotopic (exact) mass is 445 g/mol. The molecule has 0 saturated carbocycles. The van der Waals surface area contributed by atoms with E-state index in [1.54, 1.807) is 0 Å². The third-order valence-electron chi connectivity index (χ3n) is 0. The Kier molecular flexibility index (Phi) is 67.3. The van der Waals surface area contributed by atoms with Gasteiger partial charge in [-0.1, -0.05) is 0 Å². The molecule has 25 valence electrons. The average Bonchev–Trinajstić information content (AvgIpc) is 1.00. The van der Waals surface area contributed by atoms with E-state index in [1.807, 2.05) is 0 Å². The summed E-state index contributed by atoms with van der Waals surface area (Å²) in [5.74, 6) is 0. The molecule has 0 aliphatic carbocycles. The second kappa shape index (κ2) is 17.0. The van der Waals surface area contributed by atoms with Gasteiger partial charge in [0.05, 0.1) is 0 Å². The largest absolute Gasteiger partial charge is 0 e. The van der Waals surface area contributed by atoms with Gasteiger partial charge in [0, 0.05) is 35.0 Å². The van der Waals surface area contributed by atoms with E-state index in [1.165, 1.54) is 25.6 Å². The summed E-state index contributed by atoms with van der Waals surface area (Å²) in [5, 5.41) is 0. The van der Waals surface area contributed by atoms with E-state index < -0.39 is 0 Å². The Morgan fingerprint density at radius 1 is 1.25 bits per heavy atom. The minimum atomic E-state index is 0. The first kappa shape index (κ1) is 15.8. The molecular weight excluding hydrogens is 444 g/mol. The van der Waals surface area contributed by atoms with E-state index in [9.17, 15) is 0 Å². The summed E-state index contributed by atoms with van der Waals surface area (Å²) < 4.78 is 0. The van der Waals surface area contributed by atoms with Gasteiger partial charge >= 0.3 is 40.0 Å². The Morgan fingerprint density at radius 2 is 1.25 bits per heavy atom. The van der Waals surface area contributed by atoms with Crippen molar-refractivity contribution >= 4 is 0 Å². The molecule has 0 N–H and O–H groups in total. The zero-order chi connectivity index (χ0) is 2.00. The van der Waals surface area contributed by atoms with Crippen molar-refractivity contribution in [2.24, 2.45) is 0 Å². The molecule has 0 rings (SSSR count). The summed E-state index contributed by atoms with van der Waals surface area (Å²) in [7, 11) is 0. The second-order valence-corrected chi connectivity index (χ2v) is 0. The van der Waals surface area contributed by atoms with E-state index >= 15 is 0 Å². The van der Waals surface area contributed by atoms with Crippen LogP contribution in [0.3, 0.4) is 0 Å². The molecule has 0 aromatic heterocycles. The van der Waals surface area contributed by atoms with Crippen LogP contribution >= 0.6 is 0 Å². The average molecular weight is 444 g/mol. The molecule has 4 heteroatoms. The fourth-order valence-electron chi connectivity index (χ4n) is 0. The van der Waals surface area contributed by atoms with Gasteiger partial charge in [0.15, 0.2) is 0 Å². The summed E-state index contributed by atoms with van der Waals surface area (Å²) in [6, 6.07) is 0. The van der Waals surface area contributed by atoms with Gasteiger partial charge in [0.25, 0.3) is 0 Å². The van der Waals surface area contributed by atoms with Crippen LogP contribution in [0.5, 0.6) is 0 Å². The number of rotatable bonds is 0. The Labute approximate surface area is 73.6 Å². The van der Waals surface area contributed by atoms with Gasteiger partial charge in [0.1, 0.15) is 0 Å². The first-order valence-electron chi connectivity index (χ1n) is 0.204. The molecule has 0 atom stereocenters. The molecular formula is MoNiUV. The zero-order valence-corrected chi connectivity index (χ0v) is 10.2. The fourth-order valence-corrected chi connectivity index (χ4v) is 0. The van der Waals surface area contributed by atoms with Gasteiger partial charge in [0.2, 0.25) is 0 Å². The van der Waals surface area contributed by atoms with Crippen LogP contribution in [0.1, 0.15) is 0 Å². The fraction of sp³-hybridized carbons (Fsp3) is 0. The molecule has 0 unspecified atom stereocenters. The van der Waals surface area contributed by atoms with Crippen LogP contribution in [-0.4, -0.2) is 0 Å². The summed E-state index contributed by atoms with van der Waals surface area (Å²) in [4.78, 5) is 0. The molecule has 0 aliphatic heterocycles. The van der Waals surface area contributed by atoms with Crippen molar-refractivity contribution in [3.63, 3.8) is 0 Å². The Morgan fingerprint density at radius 3 is 1.25 bits per heavy atom. The predicted molar refractivity (Wildman–Crippen MR) is 0 cm³/mol. The van der Waals surface area contributed by atoms with Crippen LogP contribution in [0.2, 0.25) is 0 Å². The Bertz CT molecular complexity index is 8.00. The molecule has 0 amide bonds. The molecule has 0 saturated heterocycles. The molecule has 1 radical (unpaired) electrons. The summed E-state index contributed by atoms with van der Waals surface area (Å²) >= 11 is 3.29. The molecule has 0 bridgehead atoms. The second-order valence-electron chi connectivity index (χ2n) is 0.